The predicted octanol–water partition coefficient (Wildman–Crippen LogP) is 4.35. The van der Waals surface area contributed by atoms with Crippen LogP contribution in [0.15, 0.2) is 0 Å². The third kappa shape index (κ3) is 3.44. The van der Waals surface area contributed by atoms with Crippen LogP contribution in [0.2, 0.25) is 0 Å². The minimum Gasteiger partial charge on any atom is -0.396 e. The summed E-state index contributed by atoms with van der Waals surface area (Å²) in [5, 5.41) is 40.5. The van der Waals surface area contributed by atoms with Crippen LogP contribution in [0.3, 0.4) is 0 Å². The number of rotatable bonds is 8. The molecular weight excluding hydrogens is 392 g/mol. The van der Waals surface area contributed by atoms with Gasteiger partial charge in [-0.3, -0.25) is 5.26 Å². The van der Waals surface area contributed by atoms with E-state index < -0.39 is 11.7 Å². The van der Waals surface area contributed by atoms with Gasteiger partial charge in [0.25, 0.3) is 0 Å². The standard InChI is InChI=1S/C26H46O5/c1-15-13-24(4,10-7-18(28)14-31-30)19-8-11-25(5)23(20(19)16(15)2)21-17(3)22(21)26(25,29)9-6-12-27/h15-23,27-30H,6-14H2,1-5H3/t15-,16+,17-,18-,19?,20?,21+,22-,23?,24-,25-,26-/m0/s1. The van der Waals surface area contributed by atoms with E-state index in [-0.39, 0.29) is 24.0 Å². The van der Waals surface area contributed by atoms with Crippen LogP contribution in [-0.4, -0.2) is 45.5 Å². The Kier molecular flexibility index (Phi) is 6.36. The van der Waals surface area contributed by atoms with E-state index in [0.717, 1.165) is 25.7 Å². The van der Waals surface area contributed by atoms with Crippen molar-refractivity contribution in [3.63, 3.8) is 0 Å². The van der Waals surface area contributed by atoms with E-state index in [1.165, 1.54) is 6.42 Å². The van der Waals surface area contributed by atoms with Gasteiger partial charge in [0.2, 0.25) is 0 Å². The van der Waals surface area contributed by atoms with E-state index in [9.17, 15) is 15.3 Å². The number of aliphatic hydroxyl groups is 3. The molecule has 0 aromatic carbocycles. The fourth-order valence-corrected chi connectivity index (χ4v) is 9.57. The van der Waals surface area contributed by atoms with Crippen molar-refractivity contribution in [3.05, 3.63) is 0 Å². The summed E-state index contributed by atoms with van der Waals surface area (Å²) < 4.78 is 0. The smallest absolute Gasteiger partial charge is 0.108 e. The molecule has 0 saturated heterocycles. The van der Waals surface area contributed by atoms with Crippen molar-refractivity contribution in [1.82, 2.24) is 0 Å². The largest absolute Gasteiger partial charge is 0.396 e. The van der Waals surface area contributed by atoms with Crippen molar-refractivity contribution in [3.8, 4) is 0 Å². The average molecular weight is 439 g/mol. The topological polar surface area (TPSA) is 90.2 Å². The van der Waals surface area contributed by atoms with Crippen LogP contribution < -0.4 is 0 Å². The van der Waals surface area contributed by atoms with Gasteiger partial charge in [-0.2, -0.15) is 0 Å². The predicted molar refractivity (Wildman–Crippen MR) is 120 cm³/mol. The Morgan fingerprint density at radius 3 is 2.39 bits per heavy atom. The van der Waals surface area contributed by atoms with Crippen LogP contribution in [0.25, 0.3) is 0 Å². The highest BCUT2D eigenvalue weighted by Crippen LogP contribution is 2.79. The summed E-state index contributed by atoms with van der Waals surface area (Å²) in [6.45, 7) is 12.1. The van der Waals surface area contributed by atoms with Crippen molar-refractivity contribution in [1.29, 1.82) is 0 Å². The lowest BCUT2D eigenvalue weighted by Gasteiger charge is -2.62. The summed E-state index contributed by atoms with van der Waals surface area (Å²) in [6.07, 6.45) is 5.82. The second-order valence-corrected chi connectivity index (χ2v) is 12.6. The van der Waals surface area contributed by atoms with Gasteiger partial charge in [-0.1, -0.05) is 34.6 Å². The van der Waals surface area contributed by atoms with E-state index in [2.05, 4.69) is 39.5 Å². The first-order valence-electron chi connectivity index (χ1n) is 12.8. The Morgan fingerprint density at radius 1 is 1.03 bits per heavy atom. The van der Waals surface area contributed by atoms with Crippen molar-refractivity contribution >= 4 is 0 Å². The molecule has 31 heavy (non-hydrogen) atoms. The molecule has 4 saturated carbocycles. The molecule has 3 unspecified atom stereocenters. The normalized spacial score (nSPS) is 54.1. The second-order valence-electron chi connectivity index (χ2n) is 12.6. The van der Waals surface area contributed by atoms with Gasteiger partial charge in [0.1, 0.15) is 6.61 Å². The first kappa shape index (κ1) is 23.9. The summed E-state index contributed by atoms with van der Waals surface area (Å²) >= 11 is 0. The fraction of sp³-hybridized carbons (Fsp3) is 1.00. The molecule has 4 N–H and O–H groups in total. The highest BCUT2D eigenvalue weighted by atomic mass is 17.1. The van der Waals surface area contributed by atoms with Crippen LogP contribution in [0.1, 0.15) is 79.6 Å². The molecular formula is C26H46O5. The molecule has 0 spiro atoms. The quantitative estimate of drug-likeness (QED) is 0.334. The number of hydrogen-bond acceptors (Lipinski definition) is 5. The lowest BCUT2D eigenvalue weighted by molar-refractivity contribution is -0.257. The lowest BCUT2D eigenvalue weighted by Crippen LogP contribution is -2.59. The zero-order valence-corrected chi connectivity index (χ0v) is 20.3. The Labute approximate surface area is 188 Å². The third-order valence-electron chi connectivity index (χ3n) is 11.2. The van der Waals surface area contributed by atoms with Crippen LogP contribution in [-0.2, 0) is 4.89 Å². The Morgan fingerprint density at radius 2 is 1.74 bits per heavy atom. The fourth-order valence-electron chi connectivity index (χ4n) is 9.57. The maximum Gasteiger partial charge on any atom is 0.108 e. The van der Waals surface area contributed by atoms with Gasteiger partial charge in [0.15, 0.2) is 0 Å². The van der Waals surface area contributed by atoms with E-state index >= 15 is 0 Å². The molecule has 0 heterocycles. The molecule has 4 fully saturated rings. The monoisotopic (exact) mass is 438 g/mol. The maximum atomic E-state index is 12.1. The van der Waals surface area contributed by atoms with E-state index in [1.807, 2.05) is 0 Å². The van der Waals surface area contributed by atoms with Crippen molar-refractivity contribution in [2.24, 2.45) is 58.2 Å². The summed E-state index contributed by atoms with van der Waals surface area (Å²) in [7, 11) is 0. The molecule has 0 aromatic heterocycles. The van der Waals surface area contributed by atoms with E-state index in [4.69, 9.17) is 5.26 Å². The van der Waals surface area contributed by atoms with Gasteiger partial charge in [0.05, 0.1) is 11.7 Å². The Bertz CT molecular complexity index is 656. The van der Waals surface area contributed by atoms with Crippen molar-refractivity contribution in [2.75, 3.05) is 13.2 Å². The zero-order chi connectivity index (χ0) is 22.8. The summed E-state index contributed by atoms with van der Waals surface area (Å²) in [5.74, 6) is 4.64. The first-order valence-corrected chi connectivity index (χ1v) is 12.8. The molecule has 0 radical (unpaired) electrons. The maximum absolute atomic E-state index is 12.1. The second kappa shape index (κ2) is 8.23. The van der Waals surface area contributed by atoms with E-state index in [0.29, 0.717) is 60.2 Å². The Hall–Kier alpha value is -0.200. The molecule has 0 bridgehead atoms. The summed E-state index contributed by atoms with van der Waals surface area (Å²) in [6, 6.07) is 0. The molecule has 0 aromatic rings. The molecule has 4 aliphatic rings. The zero-order valence-electron chi connectivity index (χ0n) is 20.3. The van der Waals surface area contributed by atoms with Gasteiger partial charge in [-0.05, 0) is 103 Å². The molecule has 5 nitrogen and oxygen atoms in total. The number of fused-ring (bicyclic) bond motifs is 5. The van der Waals surface area contributed by atoms with Gasteiger partial charge in [-0.25, -0.2) is 4.89 Å². The van der Waals surface area contributed by atoms with Crippen molar-refractivity contribution < 1.29 is 25.5 Å². The SMILES string of the molecule is C[C@H]1[C@H]2C3C4C(CC[C@]3(C)[C@](O)(CCCO)[C@@H]12)[C@@](C)(CC[C@H](O)COO)C[C@H](C)[C@H]4C. The molecule has 180 valence electrons. The number of hydrogen-bond donors (Lipinski definition) is 4. The summed E-state index contributed by atoms with van der Waals surface area (Å²) in [5.41, 5.74) is -0.518. The molecule has 0 aliphatic heterocycles. The first-order chi connectivity index (χ1) is 14.6. The van der Waals surface area contributed by atoms with Crippen molar-refractivity contribution in [2.45, 2.75) is 91.3 Å². The Balaban J connectivity index is 1.63. The minimum absolute atomic E-state index is 0.0179. The van der Waals surface area contributed by atoms with Crippen LogP contribution >= 0.6 is 0 Å². The molecule has 5 heteroatoms. The molecule has 4 aliphatic carbocycles. The van der Waals surface area contributed by atoms with Crippen LogP contribution in [0.4, 0.5) is 0 Å². The van der Waals surface area contributed by atoms with E-state index in [1.54, 1.807) is 0 Å². The number of aliphatic hydroxyl groups excluding tert-OH is 2. The average Bonchev–Trinajstić information content (AvgIpc) is 3.33. The highest BCUT2D eigenvalue weighted by molar-refractivity contribution is 5.27. The third-order valence-corrected chi connectivity index (χ3v) is 11.2. The van der Waals surface area contributed by atoms with Crippen LogP contribution in [0, 0.1) is 58.2 Å². The molecule has 4 rings (SSSR count). The van der Waals surface area contributed by atoms with Gasteiger partial charge in [-0.15, -0.1) is 0 Å². The lowest BCUT2D eigenvalue weighted by atomic mass is 9.43. The van der Waals surface area contributed by atoms with Crippen LogP contribution in [0.5, 0.6) is 0 Å². The van der Waals surface area contributed by atoms with Gasteiger partial charge >= 0.3 is 0 Å². The minimum atomic E-state index is -0.638. The molecule has 0 amide bonds. The van der Waals surface area contributed by atoms with Gasteiger partial charge in [0, 0.05) is 6.61 Å². The summed E-state index contributed by atoms with van der Waals surface area (Å²) in [4.78, 5) is 4.18. The molecule has 12 atom stereocenters. The van der Waals surface area contributed by atoms with Gasteiger partial charge < -0.3 is 15.3 Å². The highest BCUT2D eigenvalue weighted by Gasteiger charge is 2.79.